The molecule has 5 nitrogen and oxygen atoms in total. The summed E-state index contributed by atoms with van der Waals surface area (Å²) in [5, 5.41) is 11.8. The SMILES string of the molecule is CC(C)CC(NC(=O)C1C(C)OC(C)C1C)C(=O)O. The average Bonchev–Trinajstić information content (AvgIpc) is 2.51. The van der Waals surface area contributed by atoms with Crippen molar-refractivity contribution in [3.05, 3.63) is 0 Å². The molecular formula is C14H25NO4. The second-order valence-corrected chi connectivity index (χ2v) is 5.96. The zero-order valence-corrected chi connectivity index (χ0v) is 12.3. The van der Waals surface area contributed by atoms with Crippen LogP contribution >= 0.6 is 0 Å². The summed E-state index contributed by atoms with van der Waals surface area (Å²) < 4.78 is 5.62. The highest BCUT2D eigenvalue weighted by molar-refractivity contribution is 5.85. The lowest BCUT2D eigenvalue weighted by Crippen LogP contribution is -2.46. The van der Waals surface area contributed by atoms with Gasteiger partial charge in [0.1, 0.15) is 6.04 Å². The molecule has 1 fully saturated rings. The number of amides is 1. The first-order chi connectivity index (χ1) is 8.73. The third kappa shape index (κ3) is 3.93. The van der Waals surface area contributed by atoms with E-state index in [9.17, 15) is 9.59 Å². The van der Waals surface area contributed by atoms with E-state index < -0.39 is 12.0 Å². The maximum Gasteiger partial charge on any atom is 0.326 e. The molecule has 0 aromatic heterocycles. The predicted octanol–water partition coefficient (Wildman–Crippen LogP) is 1.66. The lowest BCUT2D eigenvalue weighted by Gasteiger charge is -2.22. The van der Waals surface area contributed by atoms with Gasteiger partial charge in [0.25, 0.3) is 0 Å². The number of aliphatic carboxylic acids is 1. The van der Waals surface area contributed by atoms with Gasteiger partial charge < -0.3 is 15.2 Å². The van der Waals surface area contributed by atoms with Gasteiger partial charge in [0.15, 0.2) is 0 Å². The fraction of sp³-hybridized carbons (Fsp3) is 0.857. The predicted molar refractivity (Wildman–Crippen MR) is 71.7 cm³/mol. The van der Waals surface area contributed by atoms with Crippen LogP contribution in [0.3, 0.4) is 0 Å². The molecule has 5 heteroatoms. The van der Waals surface area contributed by atoms with Crippen LogP contribution in [0.1, 0.15) is 41.0 Å². The third-order valence-electron chi connectivity index (χ3n) is 3.87. The Balaban J connectivity index is 2.69. The lowest BCUT2D eigenvalue weighted by atomic mass is 9.88. The molecule has 0 saturated carbocycles. The van der Waals surface area contributed by atoms with Crippen molar-refractivity contribution in [3.63, 3.8) is 0 Å². The number of hydrogen-bond donors (Lipinski definition) is 2. The van der Waals surface area contributed by atoms with Crippen LogP contribution in [-0.4, -0.2) is 35.2 Å². The summed E-state index contributed by atoms with van der Waals surface area (Å²) in [6.07, 6.45) is 0.296. The molecule has 0 aromatic rings. The Morgan fingerprint density at radius 3 is 2.16 bits per heavy atom. The summed E-state index contributed by atoms with van der Waals surface area (Å²) >= 11 is 0. The Morgan fingerprint density at radius 1 is 1.21 bits per heavy atom. The highest BCUT2D eigenvalue weighted by Gasteiger charge is 2.42. The minimum absolute atomic E-state index is 0.0270. The number of hydrogen-bond acceptors (Lipinski definition) is 3. The number of nitrogens with one attached hydrogen (secondary N) is 1. The summed E-state index contributed by atoms with van der Waals surface area (Å²) in [6, 6.07) is -0.817. The monoisotopic (exact) mass is 271 g/mol. The van der Waals surface area contributed by atoms with Crippen molar-refractivity contribution in [3.8, 4) is 0 Å². The molecule has 0 radical (unpaired) electrons. The number of carbonyl (C=O) groups excluding carboxylic acids is 1. The van der Waals surface area contributed by atoms with E-state index in [1.54, 1.807) is 0 Å². The van der Waals surface area contributed by atoms with Gasteiger partial charge in [-0.05, 0) is 32.1 Å². The van der Waals surface area contributed by atoms with E-state index in [0.29, 0.717) is 6.42 Å². The van der Waals surface area contributed by atoms with Crippen molar-refractivity contribution >= 4 is 11.9 Å². The van der Waals surface area contributed by atoms with Crippen LogP contribution in [0.15, 0.2) is 0 Å². The number of rotatable bonds is 5. The fourth-order valence-electron chi connectivity index (χ4n) is 2.68. The molecule has 1 amide bonds. The van der Waals surface area contributed by atoms with Crippen LogP contribution in [0.2, 0.25) is 0 Å². The zero-order chi connectivity index (χ0) is 14.7. The van der Waals surface area contributed by atoms with E-state index in [1.165, 1.54) is 0 Å². The molecule has 1 saturated heterocycles. The number of carbonyl (C=O) groups is 2. The van der Waals surface area contributed by atoms with Crippen molar-refractivity contribution in [2.75, 3.05) is 0 Å². The Morgan fingerprint density at radius 2 is 1.79 bits per heavy atom. The average molecular weight is 271 g/mol. The molecule has 1 aliphatic heterocycles. The first-order valence-electron chi connectivity index (χ1n) is 6.92. The lowest BCUT2D eigenvalue weighted by molar-refractivity contribution is -0.143. The molecule has 1 aliphatic rings. The van der Waals surface area contributed by atoms with Crippen LogP contribution in [0, 0.1) is 17.8 Å². The van der Waals surface area contributed by atoms with E-state index in [4.69, 9.17) is 9.84 Å². The highest BCUT2D eigenvalue weighted by Crippen LogP contribution is 2.32. The molecular weight excluding hydrogens is 246 g/mol. The Kier molecular flexibility index (Phi) is 5.35. The van der Waals surface area contributed by atoms with E-state index >= 15 is 0 Å². The van der Waals surface area contributed by atoms with Crippen molar-refractivity contribution in [1.82, 2.24) is 5.32 Å². The second kappa shape index (κ2) is 6.37. The maximum absolute atomic E-state index is 12.3. The quantitative estimate of drug-likeness (QED) is 0.797. The molecule has 5 unspecified atom stereocenters. The summed E-state index contributed by atoms with van der Waals surface area (Å²) in [5.41, 5.74) is 0. The van der Waals surface area contributed by atoms with E-state index in [2.05, 4.69) is 5.32 Å². The van der Waals surface area contributed by atoms with Crippen molar-refractivity contribution in [2.45, 2.75) is 59.3 Å². The molecule has 1 rings (SSSR count). The molecule has 110 valence electrons. The molecule has 2 N–H and O–H groups in total. The smallest absolute Gasteiger partial charge is 0.326 e. The topological polar surface area (TPSA) is 75.6 Å². The molecule has 0 aromatic carbocycles. The van der Waals surface area contributed by atoms with Crippen LogP contribution < -0.4 is 5.32 Å². The third-order valence-corrected chi connectivity index (χ3v) is 3.87. The van der Waals surface area contributed by atoms with Crippen LogP contribution in [0.4, 0.5) is 0 Å². The van der Waals surface area contributed by atoms with Gasteiger partial charge in [0.05, 0.1) is 18.1 Å². The Labute approximate surface area is 114 Å². The molecule has 0 spiro atoms. The maximum atomic E-state index is 12.3. The first kappa shape index (κ1) is 16.0. The molecule has 0 aliphatic carbocycles. The van der Waals surface area contributed by atoms with Gasteiger partial charge in [0.2, 0.25) is 5.91 Å². The van der Waals surface area contributed by atoms with Gasteiger partial charge in [-0.15, -0.1) is 0 Å². The Hall–Kier alpha value is -1.10. The van der Waals surface area contributed by atoms with Gasteiger partial charge in [-0.2, -0.15) is 0 Å². The van der Waals surface area contributed by atoms with Crippen LogP contribution in [-0.2, 0) is 14.3 Å². The van der Waals surface area contributed by atoms with E-state index in [1.807, 2.05) is 34.6 Å². The second-order valence-electron chi connectivity index (χ2n) is 5.96. The largest absolute Gasteiger partial charge is 0.480 e. The minimum atomic E-state index is -0.977. The standard InChI is InChI=1S/C14H25NO4/c1-7(2)6-11(14(17)18)15-13(16)12-8(3)9(4)19-10(12)5/h7-12H,6H2,1-5H3,(H,15,16)(H,17,18). The number of carboxylic acids is 1. The first-order valence-corrected chi connectivity index (χ1v) is 6.92. The summed E-state index contributed by atoms with van der Waals surface area (Å²) in [6.45, 7) is 9.65. The van der Waals surface area contributed by atoms with Crippen molar-refractivity contribution in [1.29, 1.82) is 0 Å². The van der Waals surface area contributed by atoms with Crippen LogP contribution in [0.5, 0.6) is 0 Å². The van der Waals surface area contributed by atoms with Crippen molar-refractivity contribution in [2.24, 2.45) is 17.8 Å². The molecule has 0 bridgehead atoms. The van der Waals surface area contributed by atoms with Gasteiger partial charge in [0, 0.05) is 0 Å². The molecule has 5 atom stereocenters. The van der Waals surface area contributed by atoms with Crippen molar-refractivity contribution < 1.29 is 19.4 Å². The summed E-state index contributed by atoms with van der Waals surface area (Å²) in [4.78, 5) is 23.4. The normalized spacial score (nSPS) is 32.3. The Bertz CT molecular complexity index is 342. The van der Waals surface area contributed by atoms with Gasteiger partial charge >= 0.3 is 5.97 Å². The number of ether oxygens (including phenoxy) is 1. The summed E-state index contributed by atoms with van der Waals surface area (Å²) in [5.74, 6) is -1.14. The van der Waals surface area contributed by atoms with Gasteiger partial charge in [-0.3, -0.25) is 4.79 Å². The van der Waals surface area contributed by atoms with Gasteiger partial charge in [-0.1, -0.05) is 20.8 Å². The molecule has 19 heavy (non-hydrogen) atoms. The summed E-state index contributed by atoms with van der Waals surface area (Å²) in [7, 11) is 0. The fourth-order valence-corrected chi connectivity index (χ4v) is 2.68. The minimum Gasteiger partial charge on any atom is -0.480 e. The van der Waals surface area contributed by atoms with E-state index in [0.717, 1.165) is 0 Å². The zero-order valence-electron chi connectivity index (χ0n) is 12.3. The van der Waals surface area contributed by atoms with Crippen LogP contribution in [0.25, 0.3) is 0 Å². The number of carboxylic acid groups (broad SMARTS) is 1. The van der Waals surface area contributed by atoms with Gasteiger partial charge in [-0.25, -0.2) is 4.79 Å². The van der Waals surface area contributed by atoms with E-state index in [-0.39, 0.29) is 35.9 Å². The molecule has 1 heterocycles. The highest BCUT2D eigenvalue weighted by atomic mass is 16.5.